The van der Waals surface area contributed by atoms with Gasteiger partial charge in [0.25, 0.3) is 0 Å². The van der Waals surface area contributed by atoms with Crippen molar-refractivity contribution in [3.63, 3.8) is 0 Å². The van der Waals surface area contributed by atoms with Crippen molar-refractivity contribution in [3.8, 4) is 0 Å². The average Bonchev–Trinajstić information content (AvgIpc) is 2.36. The van der Waals surface area contributed by atoms with Crippen LogP contribution in [-0.2, 0) is 16.1 Å². The molecule has 1 aromatic carbocycles. The van der Waals surface area contributed by atoms with Crippen molar-refractivity contribution < 1.29 is 19.1 Å². The second-order valence-electron chi connectivity index (χ2n) is 3.53. The zero-order valence-corrected chi connectivity index (χ0v) is 10.4. The molecule has 0 aliphatic carbocycles. The van der Waals surface area contributed by atoms with E-state index in [0.717, 1.165) is 11.1 Å². The van der Waals surface area contributed by atoms with Crippen LogP contribution in [0.25, 0.3) is 0 Å². The molecule has 18 heavy (non-hydrogen) atoms. The largest absolute Gasteiger partial charge is 0.449 e. The van der Waals surface area contributed by atoms with Crippen molar-refractivity contribution >= 4 is 12.2 Å². The van der Waals surface area contributed by atoms with Crippen molar-refractivity contribution in [1.29, 1.82) is 0 Å². The number of nitrogens with one attached hydrogen (secondary N) is 2. The van der Waals surface area contributed by atoms with Crippen LogP contribution in [0.4, 0.5) is 9.59 Å². The minimum Gasteiger partial charge on any atom is -0.449 e. The first-order valence-electron chi connectivity index (χ1n) is 5.53. The predicted molar refractivity (Wildman–Crippen MR) is 64.7 cm³/mol. The van der Waals surface area contributed by atoms with Gasteiger partial charge in [-0.1, -0.05) is 29.8 Å². The van der Waals surface area contributed by atoms with Gasteiger partial charge in [-0.15, -0.1) is 0 Å². The van der Waals surface area contributed by atoms with E-state index in [1.807, 2.05) is 36.6 Å². The Balaban J connectivity index is 2.24. The summed E-state index contributed by atoms with van der Waals surface area (Å²) in [5, 5.41) is 0. The van der Waals surface area contributed by atoms with Gasteiger partial charge in [0.05, 0.1) is 6.61 Å². The molecule has 0 saturated heterocycles. The maximum atomic E-state index is 11.2. The van der Waals surface area contributed by atoms with E-state index in [1.54, 1.807) is 6.92 Å². The lowest BCUT2D eigenvalue weighted by atomic mass is 10.2. The number of amides is 2. The van der Waals surface area contributed by atoms with Crippen LogP contribution in [0, 0.1) is 6.92 Å². The number of hydrogen-bond acceptors (Lipinski definition) is 4. The highest BCUT2D eigenvalue weighted by Gasteiger charge is 2.05. The molecule has 1 aromatic rings. The first kappa shape index (κ1) is 13.8. The van der Waals surface area contributed by atoms with Gasteiger partial charge in [-0.3, -0.25) is 0 Å². The van der Waals surface area contributed by atoms with Crippen LogP contribution in [-0.4, -0.2) is 18.8 Å². The second-order valence-corrected chi connectivity index (χ2v) is 3.53. The van der Waals surface area contributed by atoms with Gasteiger partial charge in [-0.25, -0.2) is 20.4 Å². The summed E-state index contributed by atoms with van der Waals surface area (Å²) >= 11 is 0. The predicted octanol–water partition coefficient (Wildman–Crippen LogP) is 1.88. The van der Waals surface area contributed by atoms with Crippen LogP contribution >= 0.6 is 0 Å². The van der Waals surface area contributed by atoms with Gasteiger partial charge < -0.3 is 9.47 Å². The van der Waals surface area contributed by atoms with Crippen LogP contribution < -0.4 is 10.9 Å². The topological polar surface area (TPSA) is 76.7 Å². The molecule has 0 heterocycles. The summed E-state index contributed by atoms with van der Waals surface area (Å²) < 4.78 is 9.42. The van der Waals surface area contributed by atoms with Crippen LogP contribution in [0.3, 0.4) is 0 Å². The van der Waals surface area contributed by atoms with E-state index >= 15 is 0 Å². The number of hydrogen-bond donors (Lipinski definition) is 2. The molecule has 0 aliphatic rings. The number of aryl methyl sites for hydroxylation is 1. The highest BCUT2D eigenvalue weighted by Crippen LogP contribution is 2.04. The molecule has 0 fully saturated rings. The van der Waals surface area contributed by atoms with E-state index in [0.29, 0.717) is 0 Å². The molecular weight excluding hydrogens is 236 g/mol. The minimum absolute atomic E-state index is 0.136. The van der Waals surface area contributed by atoms with E-state index in [9.17, 15) is 9.59 Å². The lowest BCUT2D eigenvalue weighted by Crippen LogP contribution is -2.42. The number of carbonyl (C=O) groups is 2. The smallest absolute Gasteiger partial charge is 0.426 e. The van der Waals surface area contributed by atoms with E-state index in [2.05, 4.69) is 10.2 Å². The second kappa shape index (κ2) is 7.16. The fraction of sp³-hybridized carbons (Fsp3) is 0.333. The van der Waals surface area contributed by atoms with E-state index < -0.39 is 12.2 Å². The average molecular weight is 252 g/mol. The molecular formula is C12H16N2O4. The molecule has 6 nitrogen and oxygen atoms in total. The van der Waals surface area contributed by atoms with Crippen molar-refractivity contribution in [2.75, 3.05) is 6.61 Å². The van der Waals surface area contributed by atoms with Crippen molar-refractivity contribution in [1.82, 2.24) is 10.9 Å². The Bertz CT molecular complexity index is 403. The summed E-state index contributed by atoms with van der Waals surface area (Å²) in [6, 6.07) is 7.57. The Kier molecular flexibility index (Phi) is 5.50. The third-order valence-corrected chi connectivity index (χ3v) is 2.03. The van der Waals surface area contributed by atoms with Crippen LogP contribution in [0.2, 0.25) is 0 Å². The summed E-state index contributed by atoms with van der Waals surface area (Å²) in [5.41, 5.74) is 6.11. The van der Waals surface area contributed by atoms with E-state index in [4.69, 9.17) is 4.74 Å². The standard InChI is InChI=1S/C12H16N2O4/c1-3-17-11(15)13-14-12(16)18-8-10-6-4-9(2)5-7-10/h4-7H,3,8H2,1-2H3,(H,13,15)(H,14,16). The van der Waals surface area contributed by atoms with Gasteiger partial charge in [0.1, 0.15) is 6.61 Å². The highest BCUT2D eigenvalue weighted by atomic mass is 16.6. The third kappa shape index (κ3) is 5.20. The number of ether oxygens (including phenoxy) is 2. The quantitative estimate of drug-likeness (QED) is 0.805. The molecule has 0 atom stereocenters. The summed E-state index contributed by atoms with van der Waals surface area (Å²) in [5.74, 6) is 0. The van der Waals surface area contributed by atoms with Gasteiger partial charge in [0.2, 0.25) is 0 Å². The normalized spacial score (nSPS) is 9.44. The lowest BCUT2D eigenvalue weighted by Gasteiger charge is -2.08. The van der Waals surface area contributed by atoms with E-state index in [-0.39, 0.29) is 13.2 Å². The summed E-state index contributed by atoms with van der Waals surface area (Å²) in [7, 11) is 0. The van der Waals surface area contributed by atoms with Crippen LogP contribution in [0.5, 0.6) is 0 Å². The first-order chi connectivity index (χ1) is 8.61. The van der Waals surface area contributed by atoms with Gasteiger partial charge in [0.15, 0.2) is 0 Å². The van der Waals surface area contributed by atoms with Crippen molar-refractivity contribution in [3.05, 3.63) is 35.4 Å². The summed E-state index contributed by atoms with van der Waals surface area (Å²) in [6.07, 6.45) is -1.48. The number of benzene rings is 1. The van der Waals surface area contributed by atoms with Crippen LogP contribution in [0.1, 0.15) is 18.1 Å². The van der Waals surface area contributed by atoms with Gasteiger partial charge in [-0.2, -0.15) is 0 Å². The Hall–Kier alpha value is -2.24. The minimum atomic E-state index is -0.747. The Morgan fingerprint density at radius 1 is 1.06 bits per heavy atom. The van der Waals surface area contributed by atoms with Crippen LogP contribution in [0.15, 0.2) is 24.3 Å². The monoisotopic (exact) mass is 252 g/mol. The SMILES string of the molecule is CCOC(=O)NNC(=O)OCc1ccc(C)cc1. The first-order valence-corrected chi connectivity index (χ1v) is 5.53. The Labute approximate surface area is 105 Å². The Morgan fingerprint density at radius 2 is 1.61 bits per heavy atom. The summed E-state index contributed by atoms with van der Waals surface area (Å²) in [6.45, 7) is 4.00. The Morgan fingerprint density at radius 3 is 2.17 bits per heavy atom. The molecule has 0 saturated carbocycles. The van der Waals surface area contributed by atoms with Crippen molar-refractivity contribution in [2.24, 2.45) is 0 Å². The molecule has 0 spiro atoms. The third-order valence-electron chi connectivity index (χ3n) is 2.03. The molecule has 2 N–H and O–H groups in total. The molecule has 6 heteroatoms. The zero-order valence-electron chi connectivity index (χ0n) is 10.4. The summed E-state index contributed by atoms with van der Waals surface area (Å²) in [4.78, 5) is 22.0. The molecule has 0 unspecified atom stereocenters. The van der Waals surface area contributed by atoms with Gasteiger partial charge >= 0.3 is 12.2 Å². The van der Waals surface area contributed by atoms with Gasteiger partial charge in [0, 0.05) is 0 Å². The molecule has 0 aliphatic heterocycles. The molecule has 0 aromatic heterocycles. The molecule has 1 rings (SSSR count). The lowest BCUT2D eigenvalue weighted by molar-refractivity contribution is 0.123. The molecule has 0 radical (unpaired) electrons. The highest BCUT2D eigenvalue weighted by molar-refractivity contribution is 5.73. The number of hydrazine groups is 1. The number of carbonyl (C=O) groups excluding carboxylic acids is 2. The molecule has 98 valence electrons. The molecule has 2 amide bonds. The molecule has 0 bridgehead atoms. The fourth-order valence-electron chi connectivity index (χ4n) is 1.14. The number of rotatable bonds is 3. The van der Waals surface area contributed by atoms with Crippen molar-refractivity contribution in [2.45, 2.75) is 20.5 Å². The maximum Gasteiger partial charge on any atom is 0.426 e. The zero-order chi connectivity index (χ0) is 13.4. The van der Waals surface area contributed by atoms with Gasteiger partial charge in [-0.05, 0) is 19.4 Å². The maximum absolute atomic E-state index is 11.2. The van der Waals surface area contributed by atoms with E-state index in [1.165, 1.54) is 0 Å². The fourth-order valence-corrected chi connectivity index (χ4v) is 1.14.